The molecule has 8 amide bonds. The lowest BCUT2D eigenvalue weighted by molar-refractivity contribution is -0.137. The summed E-state index contributed by atoms with van der Waals surface area (Å²) in [7, 11) is 4.41. The molecule has 0 bridgehead atoms. The minimum atomic E-state index is -1.54. The van der Waals surface area contributed by atoms with Crippen LogP contribution in [0.3, 0.4) is 0 Å². The van der Waals surface area contributed by atoms with Gasteiger partial charge < -0.3 is 106 Å². The fourth-order valence-electron chi connectivity index (χ4n) is 16.0. The summed E-state index contributed by atoms with van der Waals surface area (Å²) in [6, 6.07) is 17.4. The number of nitrogens with one attached hydrogen (secondary N) is 2. The molecule has 9 rings (SSSR count). The predicted octanol–water partition coefficient (Wildman–Crippen LogP) is 10.5. The Morgan fingerprint density at radius 2 is 0.789 bits per heavy atom. The van der Waals surface area contributed by atoms with Gasteiger partial charge in [0.2, 0.25) is 11.8 Å². The molecule has 0 spiro atoms. The third-order valence-corrected chi connectivity index (χ3v) is 23.8. The fourth-order valence-corrected chi connectivity index (χ4v) is 16.0. The van der Waals surface area contributed by atoms with E-state index in [1.807, 2.05) is 55.4 Å². The van der Waals surface area contributed by atoms with E-state index in [2.05, 4.69) is 10.6 Å². The number of rotatable bonds is 66. The Hall–Kier alpha value is -11.3. The molecule has 0 aromatic heterocycles. The molecule has 0 saturated carbocycles. The average Bonchev–Trinajstić information content (AvgIpc) is 1.60. The summed E-state index contributed by atoms with van der Waals surface area (Å²) in [5.74, 6) is -2.62. The van der Waals surface area contributed by atoms with E-state index in [1.54, 1.807) is 75.0 Å². The number of hydrogen-bond acceptors (Lipinski definition) is 31. The van der Waals surface area contributed by atoms with Gasteiger partial charge in [-0.15, -0.1) is 0 Å². The number of nitrogens with zero attached hydrogens (tertiary/aromatic N) is 5. The second-order valence-corrected chi connectivity index (χ2v) is 36.2. The van der Waals surface area contributed by atoms with Crippen LogP contribution in [0.2, 0.25) is 0 Å². The number of imide groups is 1. The van der Waals surface area contributed by atoms with Gasteiger partial charge in [-0.1, -0.05) is 87.4 Å². The molecule has 38 heteroatoms. The molecule has 4 N–H and O–H groups in total. The summed E-state index contributed by atoms with van der Waals surface area (Å²) >= 11 is 0. The summed E-state index contributed by atoms with van der Waals surface area (Å²) in [6.07, 6.45) is 5.09. The van der Waals surface area contributed by atoms with Gasteiger partial charge in [0.25, 0.3) is 23.6 Å². The fraction of sp³-hybridized carbons (Fsp3) is 0.587. The molecule has 5 aliphatic heterocycles. The molecule has 782 valence electrons. The molecular weight excluding hydrogens is 1840 g/mol. The highest BCUT2D eigenvalue weighted by molar-refractivity contribution is 6.13. The van der Waals surface area contributed by atoms with Gasteiger partial charge in [0, 0.05) is 126 Å². The minimum Gasteiger partial charge on any atom is -0.493 e. The van der Waals surface area contributed by atoms with Crippen molar-refractivity contribution >= 4 is 87.9 Å². The van der Waals surface area contributed by atoms with Crippen LogP contribution in [0.25, 0.3) is 0 Å². The van der Waals surface area contributed by atoms with E-state index < -0.39 is 60.5 Å². The molecule has 5 heterocycles. The maximum absolute atomic E-state index is 14.3. The average molecular weight is 1990 g/mol. The summed E-state index contributed by atoms with van der Waals surface area (Å²) in [5.41, 5.74) is 4.60. The van der Waals surface area contributed by atoms with E-state index in [1.165, 1.54) is 67.4 Å². The Balaban J connectivity index is 0.000000411. The van der Waals surface area contributed by atoms with Crippen LogP contribution in [-0.2, 0) is 126 Å². The summed E-state index contributed by atoms with van der Waals surface area (Å²) < 4.78 is 89.6. The third kappa shape index (κ3) is 37.8. The third-order valence-electron chi connectivity index (χ3n) is 23.8. The number of Topliss-reactive ketones (excluding diaryl/α,β-unsaturated/α-hetero) is 5. The Morgan fingerprint density at radius 1 is 0.415 bits per heavy atom. The van der Waals surface area contributed by atoms with Crippen LogP contribution in [0, 0.1) is 23.7 Å². The number of benzene rings is 4. The van der Waals surface area contributed by atoms with Gasteiger partial charge in [-0.3, -0.25) is 57.6 Å². The molecule has 0 saturated heterocycles. The van der Waals surface area contributed by atoms with E-state index in [0.717, 1.165) is 31.4 Å². The van der Waals surface area contributed by atoms with Crippen molar-refractivity contribution in [2.24, 2.45) is 23.7 Å². The van der Waals surface area contributed by atoms with Crippen molar-refractivity contribution in [3.63, 3.8) is 0 Å². The second-order valence-electron chi connectivity index (χ2n) is 36.2. The van der Waals surface area contributed by atoms with Crippen molar-refractivity contribution in [1.29, 1.82) is 0 Å². The van der Waals surface area contributed by atoms with Crippen molar-refractivity contribution in [2.75, 3.05) is 176 Å². The summed E-state index contributed by atoms with van der Waals surface area (Å²) in [6.45, 7) is 26.1. The van der Waals surface area contributed by atoms with Crippen LogP contribution < -0.4 is 39.4 Å². The molecule has 142 heavy (non-hydrogen) atoms. The molecule has 0 unspecified atom stereocenters. The Kier molecular flexibility index (Phi) is 50.4. The van der Waals surface area contributed by atoms with Crippen molar-refractivity contribution in [3.05, 3.63) is 142 Å². The van der Waals surface area contributed by atoms with E-state index in [9.17, 15) is 72.5 Å². The molecule has 4 aromatic carbocycles. The number of amides is 8. The number of ether oxygens (including phenoxy) is 16. The number of unbranched alkanes of at least 4 members (excludes halogenated alkanes) is 2. The monoisotopic (exact) mass is 1990 g/mol. The first-order chi connectivity index (χ1) is 68.2. The van der Waals surface area contributed by atoms with E-state index >= 15 is 0 Å². The molecular formula is C104H145N7O31. The normalized spacial score (nSPS) is 16.5. The lowest BCUT2D eigenvalue weighted by Crippen LogP contribution is -2.50. The largest absolute Gasteiger partial charge is 0.493 e. The number of aliphatic hydroxyl groups is 2. The van der Waals surface area contributed by atoms with E-state index in [4.69, 9.17) is 75.8 Å². The number of aliphatic hydroxyl groups excluding tert-OH is 2. The molecule has 38 nitrogen and oxygen atoms in total. The number of anilines is 2. The number of methoxy groups -OCH3 is 3. The number of carbonyl (C=O) groups excluding carboxylic acids is 13. The van der Waals surface area contributed by atoms with Gasteiger partial charge in [-0.2, -0.15) is 0 Å². The van der Waals surface area contributed by atoms with Gasteiger partial charge in [0.05, 0.1) is 187 Å². The van der Waals surface area contributed by atoms with Crippen LogP contribution in [0.4, 0.5) is 21.0 Å². The molecule has 4 aromatic rings. The maximum Gasteiger partial charge on any atom is 0.416 e. The second kappa shape index (κ2) is 61.7. The highest BCUT2D eigenvalue weighted by Gasteiger charge is 2.48. The summed E-state index contributed by atoms with van der Waals surface area (Å²) in [4.78, 5) is 173. The lowest BCUT2D eigenvalue weighted by Gasteiger charge is -2.31. The SMILES string of the molecule is CC(C)NC(=O)[C@@H](CC(=O)CCOCCOCCOCCOCCOCCOCCOCCOCCCC(=O)CCN1C(=O)C=CC1=O)C(C)C.COCCOCCC(=O)C[C@H](C(=O)N[C@@H](C)C(=O)Cc1ccc(COC(=O)N2c3cc(OCCCCCOc4cc5c(cc4OC)C(=O)N4C=C(C)C[C@H]4[C@H](O)N5C(=O)OCc4ccc(CC(C)=O)cc4)c(OC)cc3C(=O)N3C=C(C)C[C@H]3[C@@H]2O)cc1)C(C)C. The van der Waals surface area contributed by atoms with Gasteiger partial charge in [0.15, 0.2) is 41.2 Å². The zero-order valence-electron chi connectivity index (χ0n) is 84.4. The van der Waals surface area contributed by atoms with Crippen LogP contribution in [0.5, 0.6) is 23.0 Å². The van der Waals surface area contributed by atoms with Crippen molar-refractivity contribution in [3.8, 4) is 23.0 Å². The summed E-state index contributed by atoms with van der Waals surface area (Å²) in [5, 5.41) is 29.5. The van der Waals surface area contributed by atoms with E-state index in [-0.39, 0.29) is 213 Å². The topological polar surface area (TPSA) is 450 Å². The van der Waals surface area contributed by atoms with Gasteiger partial charge >= 0.3 is 12.2 Å². The lowest BCUT2D eigenvalue weighted by atomic mass is 9.88. The number of ketones is 5. The van der Waals surface area contributed by atoms with Crippen LogP contribution in [0.1, 0.15) is 189 Å². The first-order valence-electron chi connectivity index (χ1n) is 48.8. The quantitative estimate of drug-likeness (QED) is 0.0236. The molecule has 0 fully saturated rings. The predicted molar refractivity (Wildman–Crippen MR) is 521 cm³/mol. The van der Waals surface area contributed by atoms with Gasteiger partial charge in [0.1, 0.15) is 36.3 Å². The number of fused-ring (bicyclic) bond motifs is 4. The Bertz CT molecular complexity index is 4870. The van der Waals surface area contributed by atoms with Gasteiger partial charge in [-0.25, -0.2) is 19.4 Å². The van der Waals surface area contributed by atoms with Crippen LogP contribution in [-0.4, -0.2) is 305 Å². The minimum absolute atomic E-state index is 0.00298. The zero-order valence-corrected chi connectivity index (χ0v) is 84.4. The zero-order chi connectivity index (χ0) is 103. The molecule has 0 aliphatic carbocycles. The molecule has 5 aliphatic rings. The van der Waals surface area contributed by atoms with E-state index in [0.29, 0.717) is 174 Å². The van der Waals surface area contributed by atoms with Gasteiger partial charge in [-0.05, 0) is 126 Å². The Labute approximate surface area is 831 Å². The maximum atomic E-state index is 14.3. The molecule has 0 radical (unpaired) electrons. The molecule has 7 atom stereocenters. The highest BCUT2D eigenvalue weighted by atomic mass is 16.6. The first-order valence-corrected chi connectivity index (χ1v) is 48.8. The van der Waals surface area contributed by atoms with Crippen molar-refractivity contribution < 1.29 is 148 Å². The number of carbonyl (C=O) groups is 13. The Morgan fingerprint density at radius 3 is 1.17 bits per heavy atom. The smallest absolute Gasteiger partial charge is 0.416 e. The standard InChI is InChI=1S/C68H83N5O18.C36H62N2O13/c1-40(2)50(31-49(75)21-24-87-26-25-84-7)62(77)69-44(6)57(76)30-46-15-19-48(20-16-46)39-91-68(83)73-54-35-61(59(86-9)33-52(54)64(79)71-37-42(4)28-56(71)66(73)81)89-23-12-10-11-22-88-60-34-53-51(32-58(60)85-8)63(78)70-36-41(3)27-55(70)65(80)72(53)67(82)90-38-47-17-13-45(14-18-47)29-43(5)74;1-29(2)33(36(43)37-30(3)4)28-32(40)10-13-45-15-17-47-19-21-49-23-25-51-27-26-50-24-22-48-20-18-46-16-14-44-12-5-6-31(39)9-11-38-34(41)7-8-35(38)42/h13-20,32-37,40,44,50,55-56,65-66,80-81H,10-12,21-31,38-39H2,1-9H3,(H,69,77);7-8,29-30,33H,5-6,9-28H2,1-4H3,(H,37,43)/t44-,50-,55-,56-,65-,66-;33-/m00/s1. The van der Waals surface area contributed by atoms with Crippen molar-refractivity contribution in [1.82, 2.24) is 25.3 Å². The highest BCUT2D eigenvalue weighted by Crippen LogP contribution is 2.45. The number of hydrogen-bond donors (Lipinski definition) is 4. The van der Waals surface area contributed by atoms with Crippen LogP contribution >= 0.6 is 0 Å². The van der Waals surface area contributed by atoms with Crippen molar-refractivity contribution in [2.45, 2.75) is 209 Å². The first kappa shape index (κ1) is 116. The van der Waals surface area contributed by atoms with Crippen LogP contribution in [0.15, 0.2) is 108 Å².